The van der Waals surface area contributed by atoms with Crippen molar-refractivity contribution in [2.45, 2.75) is 0 Å². The smallest absolute Gasteiger partial charge is 0.300 e. The van der Waals surface area contributed by atoms with Crippen LogP contribution < -0.4 is 11.3 Å². The number of pyridine rings is 1. The highest BCUT2D eigenvalue weighted by atomic mass is 16.5. The molecule has 0 saturated heterocycles. The van der Waals surface area contributed by atoms with Crippen LogP contribution >= 0.6 is 0 Å². The van der Waals surface area contributed by atoms with Gasteiger partial charge in [-0.15, -0.1) is 4.73 Å². The third-order valence-corrected chi connectivity index (χ3v) is 2.28. The molecule has 7 heteroatoms. The number of aliphatic hydroxyl groups is 1. The van der Waals surface area contributed by atoms with Crippen molar-refractivity contribution < 1.29 is 20.2 Å². The summed E-state index contributed by atoms with van der Waals surface area (Å²) in [6.07, 6.45) is 0. The van der Waals surface area contributed by atoms with Gasteiger partial charge in [-0.2, -0.15) is 0 Å². The van der Waals surface area contributed by atoms with Crippen LogP contribution in [0.3, 0.4) is 0 Å². The number of aromatic nitrogens is 1. The number of hydrogen-bond acceptors (Lipinski definition) is 5. The van der Waals surface area contributed by atoms with Gasteiger partial charge in [0.1, 0.15) is 11.3 Å². The number of carbonyl (C=O) groups excluding carboxylic acids is 1. The SMILES string of the molecule is CO.NC(=O)c1c(O)c2ccccc2n(O)c1=O. The van der Waals surface area contributed by atoms with Gasteiger partial charge in [0.15, 0.2) is 0 Å². The molecule has 1 aromatic heterocycles. The van der Waals surface area contributed by atoms with Gasteiger partial charge in [-0.3, -0.25) is 9.59 Å². The number of primary amides is 1. The van der Waals surface area contributed by atoms with E-state index in [9.17, 15) is 19.9 Å². The molecule has 0 spiro atoms. The molecule has 1 amide bonds. The fourth-order valence-corrected chi connectivity index (χ4v) is 1.53. The van der Waals surface area contributed by atoms with Crippen molar-refractivity contribution in [2.75, 3.05) is 7.11 Å². The van der Waals surface area contributed by atoms with E-state index in [4.69, 9.17) is 10.8 Å². The number of carbonyl (C=O) groups is 1. The zero-order valence-electron chi connectivity index (χ0n) is 9.49. The Kier molecular flexibility index (Phi) is 3.90. The quantitative estimate of drug-likeness (QED) is 0.516. The topological polar surface area (TPSA) is 126 Å². The van der Waals surface area contributed by atoms with Crippen molar-refractivity contribution in [1.82, 2.24) is 4.73 Å². The van der Waals surface area contributed by atoms with Gasteiger partial charge >= 0.3 is 0 Å². The molecule has 0 saturated carbocycles. The van der Waals surface area contributed by atoms with Crippen LogP contribution in [0, 0.1) is 0 Å². The van der Waals surface area contributed by atoms with Crippen LogP contribution in [-0.4, -0.2) is 33.2 Å². The highest BCUT2D eigenvalue weighted by Gasteiger charge is 2.19. The third kappa shape index (κ3) is 1.98. The van der Waals surface area contributed by atoms with Crippen molar-refractivity contribution in [2.24, 2.45) is 5.73 Å². The summed E-state index contributed by atoms with van der Waals surface area (Å²) in [5.41, 5.74) is 3.40. The number of aromatic hydroxyl groups is 1. The Balaban J connectivity index is 0.000000771. The van der Waals surface area contributed by atoms with Crippen LogP contribution in [0.1, 0.15) is 10.4 Å². The summed E-state index contributed by atoms with van der Waals surface area (Å²) < 4.78 is 0.287. The summed E-state index contributed by atoms with van der Waals surface area (Å²) in [4.78, 5) is 22.5. The van der Waals surface area contributed by atoms with Crippen molar-refractivity contribution in [3.8, 4) is 5.75 Å². The Bertz CT molecular complexity index is 648. The first-order valence-electron chi connectivity index (χ1n) is 4.84. The Morgan fingerprint density at radius 2 is 1.83 bits per heavy atom. The van der Waals surface area contributed by atoms with Crippen molar-refractivity contribution in [3.05, 3.63) is 40.2 Å². The van der Waals surface area contributed by atoms with E-state index in [1.54, 1.807) is 12.1 Å². The fraction of sp³-hybridized carbons (Fsp3) is 0.0909. The molecule has 0 aliphatic rings. The molecule has 7 nitrogen and oxygen atoms in total. The number of para-hydroxylation sites is 1. The summed E-state index contributed by atoms with van der Waals surface area (Å²) >= 11 is 0. The van der Waals surface area contributed by atoms with E-state index < -0.39 is 22.8 Å². The lowest BCUT2D eigenvalue weighted by molar-refractivity contribution is 0.0990. The van der Waals surface area contributed by atoms with Gasteiger partial charge in [-0.25, -0.2) is 0 Å². The lowest BCUT2D eigenvalue weighted by Gasteiger charge is -2.07. The Morgan fingerprint density at radius 3 is 2.39 bits per heavy atom. The molecular weight excluding hydrogens is 240 g/mol. The second-order valence-corrected chi connectivity index (χ2v) is 3.22. The number of amides is 1. The zero-order valence-corrected chi connectivity index (χ0v) is 9.49. The van der Waals surface area contributed by atoms with Gasteiger partial charge in [-0.1, -0.05) is 12.1 Å². The van der Waals surface area contributed by atoms with E-state index >= 15 is 0 Å². The Morgan fingerprint density at radius 1 is 1.28 bits per heavy atom. The summed E-state index contributed by atoms with van der Waals surface area (Å²) in [5, 5.41) is 26.4. The van der Waals surface area contributed by atoms with E-state index in [2.05, 4.69) is 0 Å². The zero-order chi connectivity index (χ0) is 13.9. The molecule has 5 N–H and O–H groups in total. The molecule has 18 heavy (non-hydrogen) atoms. The standard InChI is InChI=1S/C10H8N2O4.CH4O/c11-9(14)7-8(13)5-3-1-2-4-6(5)12(16)10(7)15;1-2/h1-4,13,16H,(H2,11,14);2H,1H3. The largest absolute Gasteiger partial charge is 0.506 e. The number of benzene rings is 1. The first-order valence-corrected chi connectivity index (χ1v) is 4.84. The summed E-state index contributed by atoms with van der Waals surface area (Å²) in [6.45, 7) is 0. The van der Waals surface area contributed by atoms with Gasteiger partial charge in [0, 0.05) is 12.5 Å². The molecule has 0 aliphatic carbocycles. The average molecular weight is 252 g/mol. The minimum Gasteiger partial charge on any atom is -0.506 e. The summed E-state index contributed by atoms with van der Waals surface area (Å²) in [7, 11) is 1.00. The molecule has 0 atom stereocenters. The highest BCUT2D eigenvalue weighted by Crippen LogP contribution is 2.24. The Labute approximate surface area is 101 Å². The lowest BCUT2D eigenvalue weighted by atomic mass is 10.1. The van der Waals surface area contributed by atoms with Crippen LogP contribution in [0.2, 0.25) is 0 Å². The van der Waals surface area contributed by atoms with E-state index in [-0.39, 0.29) is 15.6 Å². The van der Waals surface area contributed by atoms with Crippen LogP contribution in [0.5, 0.6) is 5.75 Å². The minimum absolute atomic E-state index is 0.106. The van der Waals surface area contributed by atoms with Crippen LogP contribution in [0.25, 0.3) is 10.9 Å². The second-order valence-electron chi connectivity index (χ2n) is 3.22. The lowest BCUT2D eigenvalue weighted by Crippen LogP contribution is -2.28. The molecule has 0 bridgehead atoms. The molecule has 0 aliphatic heterocycles. The molecule has 96 valence electrons. The first-order chi connectivity index (χ1) is 8.54. The average Bonchev–Trinajstić information content (AvgIpc) is 2.38. The molecule has 2 rings (SSSR count). The number of aliphatic hydroxyl groups excluding tert-OH is 1. The predicted molar refractivity (Wildman–Crippen MR) is 63.7 cm³/mol. The van der Waals surface area contributed by atoms with E-state index in [0.29, 0.717) is 0 Å². The molecule has 0 unspecified atom stereocenters. The van der Waals surface area contributed by atoms with Gasteiger partial charge in [-0.05, 0) is 12.1 Å². The molecule has 1 heterocycles. The Hall–Kier alpha value is -2.54. The third-order valence-electron chi connectivity index (χ3n) is 2.28. The monoisotopic (exact) mass is 252 g/mol. The summed E-state index contributed by atoms with van der Waals surface area (Å²) in [6, 6.07) is 6.07. The van der Waals surface area contributed by atoms with Gasteiger partial charge in [0.2, 0.25) is 0 Å². The molecule has 0 radical (unpaired) electrons. The van der Waals surface area contributed by atoms with E-state index in [0.717, 1.165) is 7.11 Å². The van der Waals surface area contributed by atoms with Crippen molar-refractivity contribution in [3.63, 3.8) is 0 Å². The molecule has 1 aromatic carbocycles. The van der Waals surface area contributed by atoms with Crippen molar-refractivity contribution in [1.29, 1.82) is 0 Å². The predicted octanol–water partition coefficient (Wildman–Crippen LogP) is -0.348. The maximum atomic E-state index is 11.5. The maximum Gasteiger partial charge on any atom is 0.300 e. The fourth-order valence-electron chi connectivity index (χ4n) is 1.53. The number of nitrogens with zero attached hydrogens (tertiary/aromatic N) is 1. The van der Waals surface area contributed by atoms with Crippen molar-refractivity contribution >= 4 is 16.8 Å². The first kappa shape index (κ1) is 13.5. The minimum atomic E-state index is -1.09. The number of fused-ring (bicyclic) bond motifs is 1. The summed E-state index contributed by atoms with van der Waals surface area (Å²) in [5.74, 6) is -1.60. The highest BCUT2D eigenvalue weighted by molar-refractivity contribution is 6.01. The van der Waals surface area contributed by atoms with Gasteiger partial charge in [0.05, 0.1) is 5.52 Å². The van der Waals surface area contributed by atoms with Gasteiger partial charge in [0.25, 0.3) is 11.5 Å². The number of nitrogens with two attached hydrogens (primary N) is 1. The second kappa shape index (κ2) is 5.19. The molecule has 2 aromatic rings. The van der Waals surface area contributed by atoms with Crippen LogP contribution in [0.4, 0.5) is 0 Å². The van der Waals surface area contributed by atoms with E-state index in [1.807, 2.05) is 0 Å². The molecular formula is C11H12N2O5. The normalized spacial score (nSPS) is 9.67. The van der Waals surface area contributed by atoms with Crippen LogP contribution in [0.15, 0.2) is 29.1 Å². The number of hydrogen-bond donors (Lipinski definition) is 4. The molecule has 0 fully saturated rings. The maximum absolute atomic E-state index is 11.5. The van der Waals surface area contributed by atoms with Crippen LogP contribution in [-0.2, 0) is 0 Å². The number of rotatable bonds is 1. The van der Waals surface area contributed by atoms with E-state index in [1.165, 1.54) is 12.1 Å². The van der Waals surface area contributed by atoms with Gasteiger partial charge < -0.3 is 21.2 Å².